The average molecular weight is 438 g/mol. The Hall–Kier alpha value is -4.13. The second-order valence-corrected chi connectivity index (χ2v) is 8.34. The normalized spacial score (nSPS) is 13.3. The molecule has 6 rings (SSSR count). The van der Waals surface area contributed by atoms with Crippen molar-refractivity contribution in [3.63, 3.8) is 0 Å². The highest BCUT2D eigenvalue weighted by Crippen LogP contribution is 2.31. The third-order valence-corrected chi connectivity index (χ3v) is 6.45. The Morgan fingerprint density at radius 2 is 1.94 bits per heavy atom. The van der Waals surface area contributed by atoms with Crippen molar-refractivity contribution in [2.45, 2.75) is 12.8 Å². The van der Waals surface area contributed by atoms with Gasteiger partial charge in [0.05, 0.1) is 30.2 Å². The number of nitrogens with one attached hydrogen (secondary N) is 3. The van der Waals surface area contributed by atoms with Crippen molar-refractivity contribution < 1.29 is 9.53 Å². The smallest absolute Gasteiger partial charge is 0.269 e. The largest absolute Gasteiger partial charge is 0.497 e. The number of methoxy groups -OCH3 is 1. The van der Waals surface area contributed by atoms with Crippen LogP contribution in [0.2, 0.25) is 0 Å². The molecular formula is C26H23N5O2. The second kappa shape index (κ2) is 7.48. The molecule has 0 fully saturated rings. The number of ether oxygens (including phenoxy) is 1. The first kappa shape index (κ1) is 19.5. The lowest BCUT2D eigenvalue weighted by molar-refractivity contribution is 0.0958. The van der Waals surface area contributed by atoms with Crippen molar-refractivity contribution in [2.24, 2.45) is 4.99 Å². The van der Waals surface area contributed by atoms with Gasteiger partial charge in [0, 0.05) is 47.2 Å². The number of fused-ring (bicyclic) bond motifs is 6. The number of aromatic amines is 2. The summed E-state index contributed by atoms with van der Waals surface area (Å²) in [4.78, 5) is 28.1. The number of benzene rings is 2. The minimum atomic E-state index is -0.190. The van der Waals surface area contributed by atoms with E-state index < -0.39 is 0 Å². The highest BCUT2D eigenvalue weighted by Gasteiger charge is 2.20. The van der Waals surface area contributed by atoms with Gasteiger partial charge < -0.3 is 20.0 Å². The first-order valence-corrected chi connectivity index (χ1v) is 11.0. The first-order chi connectivity index (χ1) is 16.1. The van der Waals surface area contributed by atoms with Gasteiger partial charge in [0.1, 0.15) is 11.4 Å². The van der Waals surface area contributed by atoms with Crippen molar-refractivity contribution in [1.82, 2.24) is 20.3 Å². The number of amides is 1. The molecule has 0 aliphatic carbocycles. The van der Waals surface area contributed by atoms with Gasteiger partial charge in [-0.1, -0.05) is 12.1 Å². The third-order valence-electron chi connectivity index (χ3n) is 6.45. The van der Waals surface area contributed by atoms with Gasteiger partial charge in [-0.05, 0) is 47.9 Å². The van der Waals surface area contributed by atoms with Gasteiger partial charge in [0.2, 0.25) is 0 Å². The van der Waals surface area contributed by atoms with Gasteiger partial charge in [-0.2, -0.15) is 0 Å². The Bertz CT molecular complexity index is 1590. The molecule has 4 heterocycles. The molecule has 0 saturated carbocycles. The lowest BCUT2D eigenvalue weighted by Crippen LogP contribution is -2.18. The van der Waals surface area contributed by atoms with Crippen LogP contribution in [0.5, 0.6) is 5.75 Å². The number of hydrogen-bond donors (Lipinski definition) is 3. The maximum absolute atomic E-state index is 12.0. The molecule has 1 aliphatic rings. The van der Waals surface area contributed by atoms with Crippen LogP contribution >= 0.6 is 0 Å². The molecule has 0 atom stereocenters. The van der Waals surface area contributed by atoms with Crippen LogP contribution in [0, 0.1) is 0 Å². The van der Waals surface area contributed by atoms with Crippen LogP contribution in [-0.2, 0) is 12.8 Å². The van der Waals surface area contributed by atoms with E-state index in [4.69, 9.17) is 9.73 Å². The van der Waals surface area contributed by atoms with E-state index in [2.05, 4.69) is 50.6 Å². The van der Waals surface area contributed by atoms with Gasteiger partial charge in [-0.25, -0.2) is 4.98 Å². The van der Waals surface area contributed by atoms with E-state index in [1.165, 1.54) is 16.5 Å². The monoisotopic (exact) mass is 437 g/mol. The molecule has 3 aromatic heterocycles. The van der Waals surface area contributed by atoms with Crippen LogP contribution in [0.4, 0.5) is 0 Å². The van der Waals surface area contributed by atoms with E-state index in [9.17, 15) is 4.79 Å². The van der Waals surface area contributed by atoms with E-state index >= 15 is 0 Å². The summed E-state index contributed by atoms with van der Waals surface area (Å²) in [6.45, 7) is 0.787. The maximum Gasteiger partial charge on any atom is 0.269 e. The molecule has 164 valence electrons. The molecule has 1 aliphatic heterocycles. The fourth-order valence-electron chi connectivity index (χ4n) is 4.79. The molecule has 7 nitrogen and oxygen atoms in total. The van der Waals surface area contributed by atoms with Crippen LogP contribution < -0.4 is 10.1 Å². The Morgan fingerprint density at radius 1 is 1.03 bits per heavy atom. The zero-order valence-corrected chi connectivity index (χ0v) is 18.5. The van der Waals surface area contributed by atoms with Gasteiger partial charge in [-0.3, -0.25) is 9.79 Å². The predicted molar refractivity (Wildman–Crippen MR) is 131 cm³/mol. The molecule has 0 unspecified atom stereocenters. The fourth-order valence-corrected chi connectivity index (χ4v) is 4.79. The van der Waals surface area contributed by atoms with Gasteiger partial charge in [0.15, 0.2) is 0 Å². The number of aliphatic imine (C=N–C) groups is 1. The lowest BCUT2D eigenvalue weighted by Gasteiger charge is -2.14. The zero-order chi connectivity index (χ0) is 22.5. The number of nitrogens with zero attached hydrogens (tertiary/aromatic N) is 2. The Balaban J connectivity index is 1.37. The molecule has 0 spiro atoms. The van der Waals surface area contributed by atoms with Crippen LogP contribution in [0.1, 0.15) is 27.3 Å². The number of aromatic nitrogens is 3. The van der Waals surface area contributed by atoms with E-state index in [1.807, 2.05) is 12.1 Å². The predicted octanol–water partition coefficient (Wildman–Crippen LogP) is 4.15. The Labute approximate surface area is 189 Å². The van der Waals surface area contributed by atoms with Crippen molar-refractivity contribution in [1.29, 1.82) is 0 Å². The number of hydrogen-bond acceptors (Lipinski definition) is 4. The summed E-state index contributed by atoms with van der Waals surface area (Å²) in [5.41, 5.74) is 8.15. The topological polar surface area (TPSA) is 95.2 Å². The van der Waals surface area contributed by atoms with E-state index in [1.54, 1.807) is 20.4 Å². The SMILES string of the molecule is CNC(=O)c1cc2c(cn1)[nH]c1cc(CC3=NCCc4c3[nH]c3ccc(OC)cc43)ccc12. The molecule has 7 heteroatoms. The van der Waals surface area contributed by atoms with Gasteiger partial charge in [-0.15, -0.1) is 0 Å². The van der Waals surface area contributed by atoms with Crippen LogP contribution in [0.25, 0.3) is 32.7 Å². The van der Waals surface area contributed by atoms with Crippen LogP contribution in [0.3, 0.4) is 0 Å². The minimum absolute atomic E-state index is 0.190. The first-order valence-electron chi connectivity index (χ1n) is 11.0. The number of carbonyl (C=O) groups is 1. The van der Waals surface area contributed by atoms with Gasteiger partial charge in [0.25, 0.3) is 5.91 Å². The third kappa shape index (κ3) is 3.16. The molecule has 3 N–H and O–H groups in total. The minimum Gasteiger partial charge on any atom is -0.497 e. The van der Waals surface area contributed by atoms with E-state index in [0.29, 0.717) is 5.69 Å². The number of carbonyl (C=O) groups excluding carboxylic acids is 1. The Kier molecular flexibility index (Phi) is 4.43. The number of rotatable bonds is 4. The van der Waals surface area contributed by atoms with E-state index in [0.717, 1.165) is 63.9 Å². The van der Waals surface area contributed by atoms with Crippen LogP contribution in [-0.4, -0.2) is 47.3 Å². The highest BCUT2D eigenvalue weighted by atomic mass is 16.5. The summed E-state index contributed by atoms with van der Waals surface area (Å²) in [5.74, 6) is 0.677. The van der Waals surface area contributed by atoms with Crippen molar-refractivity contribution in [3.05, 3.63) is 71.2 Å². The van der Waals surface area contributed by atoms with Crippen molar-refractivity contribution in [3.8, 4) is 5.75 Å². The Morgan fingerprint density at radius 3 is 2.79 bits per heavy atom. The summed E-state index contributed by atoms with van der Waals surface area (Å²) < 4.78 is 5.42. The fraction of sp³-hybridized carbons (Fsp3) is 0.192. The molecule has 2 aromatic carbocycles. The quantitative estimate of drug-likeness (QED) is 0.394. The highest BCUT2D eigenvalue weighted by molar-refractivity contribution is 6.10. The lowest BCUT2D eigenvalue weighted by atomic mass is 9.97. The molecule has 0 saturated heterocycles. The summed E-state index contributed by atoms with van der Waals surface area (Å²) in [6.07, 6.45) is 3.38. The van der Waals surface area contributed by atoms with Crippen LogP contribution in [0.15, 0.2) is 53.7 Å². The molecule has 0 bridgehead atoms. The molecule has 33 heavy (non-hydrogen) atoms. The summed E-state index contributed by atoms with van der Waals surface area (Å²) in [5, 5.41) is 5.91. The molecule has 0 radical (unpaired) electrons. The second-order valence-electron chi connectivity index (χ2n) is 8.34. The number of pyridine rings is 1. The van der Waals surface area contributed by atoms with Gasteiger partial charge >= 0.3 is 0 Å². The maximum atomic E-state index is 12.0. The number of H-pyrrole nitrogens is 2. The average Bonchev–Trinajstić information content (AvgIpc) is 3.41. The van der Waals surface area contributed by atoms with Crippen molar-refractivity contribution >= 4 is 44.3 Å². The van der Waals surface area contributed by atoms with Crippen molar-refractivity contribution in [2.75, 3.05) is 20.7 Å². The molecule has 1 amide bonds. The molecule has 5 aromatic rings. The zero-order valence-electron chi connectivity index (χ0n) is 18.5. The summed E-state index contributed by atoms with van der Waals surface area (Å²) >= 11 is 0. The standard InChI is InChI=1S/C26H23N5O2/c1-27-26(32)23-12-19-16-5-3-14(9-21(16)30-24(19)13-29-23)10-22-25-17(7-8-28-22)18-11-15(33-2)4-6-20(18)31-25/h3-6,9,11-13,30-31H,7-8,10H2,1-2H3,(H,27,32). The molecular weight excluding hydrogens is 414 g/mol. The summed E-state index contributed by atoms with van der Waals surface area (Å²) in [6, 6.07) is 14.4. The summed E-state index contributed by atoms with van der Waals surface area (Å²) in [7, 11) is 3.31. The van der Waals surface area contributed by atoms with E-state index in [-0.39, 0.29) is 5.91 Å².